The normalized spacial score (nSPS) is 12.0. The molecule has 0 saturated carbocycles. The maximum atomic E-state index is 13.9. The summed E-state index contributed by atoms with van der Waals surface area (Å²) in [5, 5.41) is 3.02. The van der Waals surface area contributed by atoms with Gasteiger partial charge in [-0.1, -0.05) is 91.3 Å². The molecule has 0 spiro atoms. The smallest absolute Gasteiger partial charge is 0.243 e. The molecule has 0 fully saturated rings. The first kappa shape index (κ1) is 32.6. The van der Waals surface area contributed by atoms with Crippen LogP contribution in [0.15, 0.2) is 108 Å². The van der Waals surface area contributed by atoms with Crippen LogP contribution < -0.4 is 10.0 Å². The van der Waals surface area contributed by atoms with E-state index in [1.165, 1.54) is 24.3 Å². The van der Waals surface area contributed by atoms with Crippen molar-refractivity contribution in [2.45, 2.75) is 57.1 Å². The molecule has 1 unspecified atom stereocenters. The van der Waals surface area contributed by atoms with Gasteiger partial charge in [0.1, 0.15) is 11.9 Å². The number of halogens is 1. The van der Waals surface area contributed by atoms with E-state index in [9.17, 15) is 22.4 Å². The number of aryl methyl sites for hydroxylation is 2. The average molecular weight is 616 g/mol. The number of rotatable bonds is 14. The lowest BCUT2D eigenvalue weighted by molar-refractivity contribution is -0.141. The summed E-state index contributed by atoms with van der Waals surface area (Å²) in [6.45, 7) is 4.42. The molecule has 2 N–H and O–H groups in total. The Hall–Kier alpha value is -4.34. The van der Waals surface area contributed by atoms with Crippen molar-refractivity contribution in [3.8, 4) is 0 Å². The number of carbonyl (C=O) groups excluding carboxylic acids is 2. The molecule has 4 aromatic carbocycles. The number of sulfonamides is 1. The van der Waals surface area contributed by atoms with E-state index < -0.39 is 16.1 Å². The van der Waals surface area contributed by atoms with Crippen LogP contribution in [-0.4, -0.2) is 37.7 Å². The fraction of sp³-hybridized carbons (Fsp3) is 0.257. The number of amides is 2. The van der Waals surface area contributed by atoms with Gasteiger partial charge in [0.25, 0.3) is 0 Å². The van der Waals surface area contributed by atoms with Crippen LogP contribution in [0.1, 0.15) is 41.2 Å². The Morgan fingerprint density at radius 2 is 1.41 bits per heavy atom. The number of hydrogen-bond donors (Lipinski definition) is 2. The van der Waals surface area contributed by atoms with Crippen LogP contribution in [0.4, 0.5) is 4.39 Å². The Balaban J connectivity index is 1.58. The minimum absolute atomic E-state index is 0.0943. The molecule has 0 bridgehead atoms. The fourth-order valence-electron chi connectivity index (χ4n) is 4.86. The Bertz CT molecular complexity index is 1630. The van der Waals surface area contributed by atoms with Crippen molar-refractivity contribution in [2.75, 3.05) is 6.54 Å². The molecule has 4 rings (SSSR count). The second-order valence-electron chi connectivity index (χ2n) is 10.7. The maximum absolute atomic E-state index is 13.9. The third kappa shape index (κ3) is 9.33. The zero-order chi connectivity index (χ0) is 31.5. The van der Waals surface area contributed by atoms with Gasteiger partial charge in [-0.15, -0.1) is 0 Å². The van der Waals surface area contributed by atoms with Crippen LogP contribution in [0.2, 0.25) is 0 Å². The molecule has 0 radical (unpaired) electrons. The number of nitrogens with zero attached hydrogens (tertiary/aromatic N) is 1. The van der Waals surface area contributed by atoms with E-state index in [0.717, 1.165) is 22.3 Å². The average Bonchev–Trinajstić information content (AvgIpc) is 3.02. The summed E-state index contributed by atoms with van der Waals surface area (Å²) >= 11 is 0. The number of nitrogens with one attached hydrogen (secondary N) is 2. The van der Waals surface area contributed by atoms with Gasteiger partial charge in [-0.2, -0.15) is 0 Å². The molecule has 0 heterocycles. The molecule has 2 amide bonds. The minimum atomic E-state index is -3.58. The summed E-state index contributed by atoms with van der Waals surface area (Å²) in [5.74, 6) is -0.920. The minimum Gasteiger partial charge on any atom is -0.350 e. The fourth-order valence-corrected chi connectivity index (χ4v) is 5.90. The van der Waals surface area contributed by atoms with Crippen molar-refractivity contribution in [1.29, 1.82) is 0 Å². The lowest BCUT2D eigenvalue weighted by Crippen LogP contribution is -2.50. The van der Waals surface area contributed by atoms with Gasteiger partial charge in [0.15, 0.2) is 0 Å². The number of benzene rings is 4. The topological polar surface area (TPSA) is 95.6 Å². The van der Waals surface area contributed by atoms with Crippen molar-refractivity contribution >= 4 is 21.8 Å². The van der Waals surface area contributed by atoms with Crippen molar-refractivity contribution in [1.82, 2.24) is 14.9 Å². The van der Waals surface area contributed by atoms with Crippen LogP contribution in [0.25, 0.3) is 0 Å². The van der Waals surface area contributed by atoms with Crippen molar-refractivity contribution < 1.29 is 22.4 Å². The Labute approximate surface area is 259 Å². The quantitative estimate of drug-likeness (QED) is 0.201. The standard InChI is InChI=1S/C35H38FN3O4S/c1-3-38-44(42,43)32-20-15-27(16-21-32)17-22-34(40)39(25-30-13-18-31(36)19-14-30)33(23-28-7-5-4-6-8-28)35(41)37-24-29-11-9-26(2)10-12-29/h4-16,18-21,33,38H,3,17,22-25H2,1-2H3,(H,37,41). The highest BCUT2D eigenvalue weighted by Gasteiger charge is 2.30. The highest BCUT2D eigenvalue weighted by atomic mass is 32.2. The van der Waals surface area contributed by atoms with E-state index in [-0.39, 0.29) is 42.0 Å². The molecule has 4 aromatic rings. The molecule has 0 saturated heterocycles. The zero-order valence-corrected chi connectivity index (χ0v) is 25.8. The molecule has 0 aliphatic heterocycles. The monoisotopic (exact) mass is 615 g/mol. The summed E-state index contributed by atoms with van der Waals surface area (Å²) in [6, 6.07) is 28.9. The second kappa shape index (κ2) is 15.4. The van der Waals surface area contributed by atoms with Crippen molar-refractivity contribution in [2.24, 2.45) is 0 Å². The van der Waals surface area contributed by atoms with Gasteiger partial charge in [0.2, 0.25) is 21.8 Å². The van der Waals surface area contributed by atoms with Gasteiger partial charge in [0, 0.05) is 32.5 Å². The van der Waals surface area contributed by atoms with E-state index >= 15 is 0 Å². The molecule has 1 atom stereocenters. The summed E-state index contributed by atoms with van der Waals surface area (Å²) in [7, 11) is -3.58. The summed E-state index contributed by atoms with van der Waals surface area (Å²) < 4.78 is 40.8. The summed E-state index contributed by atoms with van der Waals surface area (Å²) in [6.07, 6.45) is 0.741. The first-order valence-corrected chi connectivity index (χ1v) is 16.1. The number of hydrogen-bond acceptors (Lipinski definition) is 4. The zero-order valence-electron chi connectivity index (χ0n) is 25.0. The molecule has 44 heavy (non-hydrogen) atoms. The molecule has 9 heteroatoms. The van der Waals surface area contributed by atoms with Crippen LogP contribution in [0.3, 0.4) is 0 Å². The highest BCUT2D eigenvalue weighted by molar-refractivity contribution is 7.89. The third-order valence-corrected chi connectivity index (χ3v) is 8.88. The van der Waals surface area contributed by atoms with Gasteiger partial charge in [-0.05, 0) is 59.9 Å². The molecule has 0 aromatic heterocycles. The molecule has 7 nitrogen and oxygen atoms in total. The van der Waals surface area contributed by atoms with Gasteiger partial charge < -0.3 is 10.2 Å². The van der Waals surface area contributed by atoms with Crippen LogP contribution >= 0.6 is 0 Å². The van der Waals surface area contributed by atoms with E-state index in [1.54, 1.807) is 36.1 Å². The Kier molecular flexibility index (Phi) is 11.4. The van der Waals surface area contributed by atoms with Crippen molar-refractivity contribution in [3.63, 3.8) is 0 Å². The first-order chi connectivity index (χ1) is 21.1. The summed E-state index contributed by atoms with van der Waals surface area (Å²) in [5.41, 5.74) is 4.45. The van der Waals surface area contributed by atoms with Gasteiger partial charge in [-0.3, -0.25) is 9.59 Å². The molecular weight excluding hydrogens is 577 g/mol. The second-order valence-corrected chi connectivity index (χ2v) is 12.5. The van der Waals surface area contributed by atoms with Crippen LogP contribution in [0, 0.1) is 12.7 Å². The molecule has 0 aliphatic rings. The predicted molar refractivity (Wildman–Crippen MR) is 170 cm³/mol. The largest absolute Gasteiger partial charge is 0.350 e. The van der Waals surface area contributed by atoms with Crippen LogP contribution in [0.5, 0.6) is 0 Å². The highest BCUT2D eigenvalue weighted by Crippen LogP contribution is 2.19. The molecular formula is C35H38FN3O4S. The van der Waals surface area contributed by atoms with Gasteiger partial charge in [-0.25, -0.2) is 17.5 Å². The van der Waals surface area contributed by atoms with E-state index in [2.05, 4.69) is 10.0 Å². The lowest BCUT2D eigenvalue weighted by atomic mass is 10.0. The number of carbonyl (C=O) groups is 2. The van der Waals surface area contributed by atoms with Crippen molar-refractivity contribution in [3.05, 3.63) is 137 Å². The molecule has 0 aliphatic carbocycles. The van der Waals surface area contributed by atoms with E-state index in [1.807, 2.05) is 61.5 Å². The first-order valence-electron chi connectivity index (χ1n) is 14.6. The van der Waals surface area contributed by atoms with Gasteiger partial charge in [0.05, 0.1) is 4.90 Å². The lowest BCUT2D eigenvalue weighted by Gasteiger charge is -2.32. The van der Waals surface area contributed by atoms with E-state index in [0.29, 0.717) is 24.9 Å². The maximum Gasteiger partial charge on any atom is 0.243 e. The van der Waals surface area contributed by atoms with E-state index in [4.69, 9.17) is 0 Å². The Morgan fingerprint density at radius 3 is 2.05 bits per heavy atom. The Morgan fingerprint density at radius 1 is 0.795 bits per heavy atom. The third-order valence-electron chi connectivity index (χ3n) is 7.32. The van der Waals surface area contributed by atoms with Gasteiger partial charge >= 0.3 is 0 Å². The predicted octanol–water partition coefficient (Wildman–Crippen LogP) is 5.32. The summed E-state index contributed by atoms with van der Waals surface area (Å²) in [4.78, 5) is 29.4. The molecule has 230 valence electrons. The SMILES string of the molecule is CCNS(=O)(=O)c1ccc(CCC(=O)N(Cc2ccc(F)cc2)C(Cc2ccccc2)C(=O)NCc2ccc(C)cc2)cc1. The van der Waals surface area contributed by atoms with Crippen LogP contribution in [-0.2, 0) is 45.5 Å².